The highest BCUT2D eigenvalue weighted by Gasteiger charge is 2.30. The first-order valence-corrected chi connectivity index (χ1v) is 13.4. The van der Waals surface area contributed by atoms with Gasteiger partial charge in [0.25, 0.3) is 10.0 Å². The molecule has 0 atom stereocenters. The van der Waals surface area contributed by atoms with Crippen molar-refractivity contribution in [1.29, 1.82) is 0 Å². The van der Waals surface area contributed by atoms with Crippen LogP contribution in [-0.2, 0) is 19.6 Å². The molecule has 196 valence electrons. The summed E-state index contributed by atoms with van der Waals surface area (Å²) in [5.74, 6) is -0.796. The van der Waals surface area contributed by atoms with E-state index in [0.29, 0.717) is 23.5 Å². The maximum absolute atomic E-state index is 13.8. The van der Waals surface area contributed by atoms with Crippen molar-refractivity contribution in [3.05, 3.63) is 83.4 Å². The van der Waals surface area contributed by atoms with Crippen molar-refractivity contribution >= 4 is 33.3 Å². The normalized spacial score (nSPS) is 11.0. The number of rotatable bonds is 11. The van der Waals surface area contributed by atoms with Crippen molar-refractivity contribution in [1.82, 2.24) is 0 Å². The number of ether oxygens (including phenoxy) is 2. The highest BCUT2D eigenvalue weighted by molar-refractivity contribution is 7.93. The third-order valence-corrected chi connectivity index (χ3v) is 7.39. The first kappa shape index (κ1) is 27.7. The molecule has 0 saturated heterocycles. The Morgan fingerprint density at radius 3 is 2.30 bits per heavy atom. The molecule has 0 fully saturated rings. The van der Waals surface area contributed by atoms with Crippen LogP contribution in [0, 0.1) is 13.8 Å². The Morgan fingerprint density at radius 1 is 0.946 bits per heavy atom. The Hall–Kier alpha value is -3.85. The summed E-state index contributed by atoms with van der Waals surface area (Å²) in [7, 11) is -2.77. The maximum Gasteiger partial charge on any atom is 0.338 e. The van der Waals surface area contributed by atoms with Crippen molar-refractivity contribution in [2.24, 2.45) is 0 Å². The second-order valence-corrected chi connectivity index (χ2v) is 10.5. The van der Waals surface area contributed by atoms with Crippen LogP contribution in [0.15, 0.2) is 71.6 Å². The van der Waals surface area contributed by atoms with Gasteiger partial charge in [-0.2, -0.15) is 0 Å². The number of amides is 1. The van der Waals surface area contributed by atoms with Crippen molar-refractivity contribution in [3.63, 3.8) is 0 Å². The molecule has 1 N–H and O–H groups in total. The Labute approximate surface area is 218 Å². The summed E-state index contributed by atoms with van der Waals surface area (Å²) in [5.41, 5.74) is 2.72. The molecule has 3 aromatic rings. The minimum Gasteiger partial charge on any atom is -0.495 e. The van der Waals surface area contributed by atoms with E-state index >= 15 is 0 Å². The van der Waals surface area contributed by atoms with E-state index in [2.05, 4.69) is 5.32 Å². The number of sulfonamides is 1. The SMILES string of the molecule is CCCCOC(=O)c1ccc(NC(=O)CN(c2cccc(C)c2)S(=O)(=O)c2cc(C)ccc2OC)cc1. The molecule has 0 unspecified atom stereocenters. The first-order valence-electron chi connectivity index (χ1n) is 12.0. The number of hydrogen-bond acceptors (Lipinski definition) is 6. The lowest BCUT2D eigenvalue weighted by molar-refractivity contribution is -0.114. The molecule has 0 saturated carbocycles. The largest absolute Gasteiger partial charge is 0.495 e. The molecule has 8 nitrogen and oxygen atoms in total. The molecule has 0 bridgehead atoms. The summed E-state index contributed by atoms with van der Waals surface area (Å²) in [4.78, 5) is 25.1. The van der Waals surface area contributed by atoms with E-state index in [0.717, 1.165) is 28.3 Å². The summed E-state index contributed by atoms with van der Waals surface area (Å²) in [6, 6.07) is 18.0. The second kappa shape index (κ2) is 12.4. The Morgan fingerprint density at radius 2 is 1.65 bits per heavy atom. The Bertz CT molecular complexity index is 1350. The number of carbonyl (C=O) groups excluding carboxylic acids is 2. The molecule has 1 amide bonds. The third kappa shape index (κ3) is 7.10. The van der Waals surface area contributed by atoms with Crippen LogP contribution in [0.25, 0.3) is 0 Å². The fraction of sp³-hybridized carbons (Fsp3) is 0.286. The van der Waals surface area contributed by atoms with Crippen molar-refractivity contribution in [2.75, 3.05) is 29.9 Å². The van der Waals surface area contributed by atoms with Crippen molar-refractivity contribution in [3.8, 4) is 5.75 Å². The number of unbranched alkanes of at least 4 members (excludes halogenated alkanes) is 1. The van der Waals surface area contributed by atoms with Crippen LogP contribution < -0.4 is 14.4 Å². The second-order valence-electron chi connectivity index (χ2n) is 8.62. The van der Waals surface area contributed by atoms with Gasteiger partial charge in [-0.25, -0.2) is 13.2 Å². The van der Waals surface area contributed by atoms with E-state index in [1.165, 1.54) is 13.2 Å². The lowest BCUT2D eigenvalue weighted by atomic mass is 10.2. The van der Waals surface area contributed by atoms with Crippen LogP contribution in [0.5, 0.6) is 5.75 Å². The predicted octanol–water partition coefficient (Wildman–Crippen LogP) is 5.10. The van der Waals surface area contributed by atoms with E-state index in [1.54, 1.807) is 61.5 Å². The molecule has 0 aromatic heterocycles. The van der Waals surface area contributed by atoms with Crippen LogP contribution in [-0.4, -0.2) is 40.6 Å². The first-order chi connectivity index (χ1) is 17.6. The van der Waals surface area contributed by atoms with Crippen LogP contribution in [0.2, 0.25) is 0 Å². The fourth-order valence-electron chi connectivity index (χ4n) is 3.62. The number of methoxy groups -OCH3 is 1. The van der Waals surface area contributed by atoms with Gasteiger partial charge in [-0.3, -0.25) is 9.10 Å². The maximum atomic E-state index is 13.8. The lowest BCUT2D eigenvalue weighted by Gasteiger charge is -2.25. The Kier molecular flexibility index (Phi) is 9.30. The summed E-state index contributed by atoms with van der Waals surface area (Å²) in [6.45, 7) is 5.52. The number of carbonyl (C=O) groups is 2. The molecule has 37 heavy (non-hydrogen) atoms. The Balaban J connectivity index is 1.85. The van der Waals surface area contributed by atoms with E-state index in [1.807, 2.05) is 19.9 Å². The molecule has 0 aliphatic heterocycles. The van der Waals surface area contributed by atoms with Gasteiger partial charge in [0.15, 0.2) is 0 Å². The lowest BCUT2D eigenvalue weighted by Crippen LogP contribution is -2.38. The van der Waals surface area contributed by atoms with Crippen molar-refractivity contribution < 1.29 is 27.5 Å². The zero-order valence-corrected chi connectivity index (χ0v) is 22.3. The number of anilines is 2. The van der Waals surface area contributed by atoms with Gasteiger partial charge < -0.3 is 14.8 Å². The van der Waals surface area contributed by atoms with Gasteiger partial charge in [-0.05, 0) is 79.9 Å². The monoisotopic (exact) mass is 524 g/mol. The standard InChI is InChI=1S/C28H32N2O6S/c1-5-6-16-36-28(32)22-11-13-23(14-12-22)29-27(31)19-30(24-9-7-8-20(2)17-24)37(33,34)26-18-21(3)10-15-25(26)35-4/h7-15,17-18H,5-6,16,19H2,1-4H3,(H,29,31). The third-order valence-electron chi connectivity index (χ3n) is 5.60. The molecule has 0 spiro atoms. The molecule has 0 heterocycles. The molecule has 0 aliphatic carbocycles. The van der Waals surface area contributed by atoms with Gasteiger partial charge in [-0.15, -0.1) is 0 Å². The minimum atomic E-state index is -4.17. The minimum absolute atomic E-state index is 0.0322. The average Bonchev–Trinajstić information content (AvgIpc) is 2.87. The van der Waals surface area contributed by atoms with Gasteiger partial charge in [0.1, 0.15) is 17.2 Å². The van der Waals surface area contributed by atoms with Gasteiger partial charge in [0, 0.05) is 5.69 Å². The molecule has 0 aliphatic rings. The van der Waals surface area contributed by atoms with Gasteiger partial charge in [-0.1, -0.05) is 31.5 Å². The topological polar surface area (TPSA) is 102 Å². The summed E-state index contributed by atoms with van der Waals surface area (Å²) in [6.07, 6.45) is 1.71. The number of esters is 1. The summed E-state index contributed by atoms with van der Waals surface area (Å²) in [5, 5.41) is 2.71. The summed E-state index contributed by atoms with van der Waals surface area (Å²) < 4.78 is 39.2. The van der Waals surface area contributed by atoms with Gasteiger partial charge in [0.2, 0.25) is 5.91 Å². The highest BCUT2D eigenvalue weighted by Crippen LogP contribution is 2.31. The van der Waals surface area contributed by atoms with Crippen LogP contribution in [0.1, 0.15) is 41.3 Å². The zero-order chi connectivity index (χ0) is 27.0. The van der Waals surface area contributed by atoms with E-state index in [9.17, 15) is 18.0 Å². The number of hydrogen-bond donors (Lipinski definition) is 1. The number of nitrogens with zero attached hydrogens (tertiary/aromatic N) is 1. The van der Waals surface area contributed by atoms with Crippen LogP contribution >= 0.6 is 0 Å². The smallest absolute Gasteiger partial charge is 0.338 e. The quantitative estimate of drug-likeness (QED) is 0.277. The number of benzene rings is 3. The van der Waals surface area contributed by atoms with Gasteiger partial charge in [0.05, 0.1) is 25.0 Å². The number of aryl methyl sites for hydroxylation is 2. The van der Waals surface area contributed by atoms with E-state index < -0.39 is 28.4 Å². The van der Waals surface area contributed by atoms with E-state index in [-0.39, 0.29) is 10.6 Å². The summed E-state index contributed by atoms with van der Waals surface area (Å²) >= 11 is 0. The van der Waals surface area contributed by atoms with Crippen molar-refractivity contribution in [2.45, 2.75) is 38.5 Å². The fourth-order valence-corrected chi connectivity index (χ4v) is 5.27. The number of nitrogens with one attached hydrogen (secondary N) is 1. The molecular formula is C28H32N2O6S. The molecule has 3 aromatic carbocycles. The van der Waals surface area contributed by atoms with Crippen LogP contribution in [0.3, 0.4) is 0 Å². The predicted molar refractivity (Wildman–Crippen MR) is 144 cm³/mol. The highest BCUT2D eigenvalue weighted by atomic mass is 32.2. The molecule has 3 rings (SSSR count). The average molecular weight is 525 g/mol. The molecular weight excluding hydrogens is 492 g/mol. The van der Waals surface area contributed by atoms with E-state index in [4.69, 9.17) is 9.47 Å². The molecule has 9 heteroatoms. The van der Waals surface area contributed by atoms with Gasteiger partial charge >= 0.3 is 5.97 Å². The zero-order valence-electron chi connectivity index (χ0n) is 21.5. The molecule has 0 radical (unpaired) electrons. The van der Waals surface area contributed by atoms with Crippen LogP contribution in [0.4, 0.5) is 11.4 Å².